The first-order valence-corrected chi connectivity index (χ1v) is 13.8. The van der Waals surface area contributed by atoms with Crippen molar-refractivity contribution in [1.82, 2.24) is 4.57 Å². The molecule has 0 spiro atoms. The maximum Gasteiger partial charge on any atom is 0.338 e. The Kier molecular flexibility index (Phi) is 7.62. The molecule has 4 aromatic rings. The highest BCUT2D eigenvalue weighted by Gasteiger charge is 2.35. The van der Waals surface area contributed by atoms with Gasteiger partial charge in [-0.15, -0.1) is 0 Å². The highest BCUT2D eigenvalue weighted by atomic mass is 32.1. The van der Waals surface area contributed by atoms with E-state index in [4.69, 9.17) is 9.73 Å². The summed E-state index contributed by atoms with van der Waals surface area (Å²) in [5.41, 5.74) is 3.98. The first-order chi connectivity index (χ1) is 19.3. The molecular formula is C32H28N2O5S. The summed E-state index contributed by atoms with van der Waals surface area (Å²) in [6.45, 7) is 6.15. The fraction of sp³-hybridized carbons (Fsp3) is 0.188. The first kappa shape index (κ1) is 27.0. The molecule has 0 radical (unpaired) electrons. The minimum Gasteiger partial charge on any atom is -0.478 e. The number of aromatic nitrogens is 1. The Morgan fingerprint density at radius 1 is 1.02 bits per heavy atom. The Balaban J connectivity index is 1.78. The van der Waals surface area contributed by atoms with Gasteiger partial charge in [-0.2, -0.15) is 0 Å². The number of fused-ring (bicyclic) bond motifs is 1. The number of nitrogens with zero attached hydrogens (tertiary/aromatic N) is 2. The number of carboxylic acids is 1. The van der Waals surface area contributed by atoms with Crippen molar-refractivity contribution in [3.8, 4) is 0 Å². The number of hydrogen-bond donors (Lipinski definition) is 1. The molecule has 1 N–H and O–H groups in total. The van der Waals surface area contributed by atoms with Crippen LogP contribution in [0, 0.1) is 0 Å². The highest BCUT2D eigenvalue weighted by molar-refractivity contribution is 7.07. The van der Waals surface area contributed by atoms with Crippen LogP contribution in [0.15, 0.2) is 94.2 Å². The molecule has 1 atom stereocenters. The van der Waals surface area contributed by atoms with Gasteiger partial charge < -0.3 is 9.84 Å². The second-order valence-electron chi connectivity index (χ2n) is 9.68. The number of hydrogen-bond acceptors (Lipinski definition) is 6. The lowest BCUT2D eigenvalue weighted by molar-refractivity contribution is -0.138. The van der Waals surface area contributed by atoms with Gasteiger partial charge in [-0.25, -0.2) is 14.6 Å². The van der Waals surface area contributed by atoms with Gasteiger partial charge in [0.1, 0.15) is 0 Å². The summed E-state index contributed by atoms with van der Waals surface area (Å²) in [4.78, 5) is 44.0. The molecule has 1 aliphatic rings. The molecular weight excluding hydrogens is 524 g/mol. The van der Waals surface area contributed by atoms with Crippen LogP contribution < -0.4 is 14.9 Å². The van der Waals surface area contributed by atoms with Crippen molar-refractivity contribution in [2.24, 2.45) is 4.99 Å². The third kappa shape index (κ3) is 5.18. The lowest BCUT2D eigenvalue weighted by Gasteiger charge is -2.26. The van der Waals surface area contributed by atoms with Crippen molar-refractivity contribution in [3.63, 3.8) is 0 Å². The van der Waals surface area contributed by atoms with Crippen LogP contribution in [0.5, 0.6) is 0 Å². The zero-order chi connectivity index (χ0) is 28.4. The molecule has 0 aliphatic carbocycles. The van der Waals surface area contributed by atoms with Gasteiger partial charge in [0.25, 0.3) is 5.56 Å². The summed E-state index contributed by atoms with van der Waals surface area (Å²) in [6.07, 6.45) is 1.71. The van der Waals surface area contributed by atoms with Gasteiger partial charge in [-0.05, 0) is 47.7 Å². The van der Waals surface area contributed by atoms with E-state index in [1.54, 1.807) is 29.7 Å². The average molecular weight is 553 g/mol. The molecule has 0 saturated carbocycles. The van der Waals surface area contributed by atoms with E-state index in [1.165, 1.54) is 23.5 Å². The van der Waals surface area contributed by atoms with Crippen LogP contribution in [0.3, 0.4) is 0 Å². The van der Waals surface area contributed by atoms with Gasteiger partial charge >= 0.3 is 11.9 Å². The summed E-state index contributed by atoms with van der Waals surface area (Å²) < 4.78 is 7.49. The lowest BCUT2D eigenvalue weighted by Crippen LogP contribution is -2.40. The third-order valence-corrected chi connectivity index (χ3v) is 7.73. The monoisotopic (exact) mass is 552 g/mol. The number of aromatic carboxylic acids is 1. The Morgan fingerprint density at radius 3 is 2.30 bits per heavy atom. The zero-order valence-electron chi connectivity index (χ0n) is 22.3. The molecule has 5 rings (SSSR count). The van der Waals surface area contributed by atoms with Crippen molar-refractivity contribution in [2.45, 2.75) is 32.7 Å². The molecule has 2 heterocycles. The molecule has 8 heteroatoms. The second-order valence-corrected chi connectivity index (χ2v) is 10.7. The van der Waals surface area contributed by atoms with Crippen molar-refractivity contribution in [2.75, 3.05) is 6.61 Å². The largest absolute Gasteiger partial charge is 0.478 e. The summed E-state index contributed by atoms with van der Waals surface area (Å²) in [6, 6.07) is 22.9. The Hall–Kier alpha value is -4.56. The predicted molar refractivity (Wildman–Crippen MR) is 155 cm³/mol. The normalized spacial score (nSPS) is 15.1. The van der Waals surface area contributed by atoms with E-state index in [0.717, 1.165) is 16.7 Å². The summed E-state index contributed by atoms with van der Waals surface area (Å²) in [5, 5.41) is 9.22. The van der Waals surface area contributed by atoms with E-state index in [1.807, 2.05) is 54.6 Å². The second kappa shape index (κ2) is 11.3. The van der Waals surface area contributed by atoms with Crippen LogP contribution in [-0.2, 0) is 9.53 Å². The smallest absolute Gasteiger partial charge is 0.338 e. The SMILES string of the molecule is CCOC(=O)C1=C(c2ccccc2)N=c2s/c(=C\c3ccc(C(=O)O)cc3)c(=O)n2[C@H]1c1ccc(C(C)C)cc1. The van der Waals surface area contributed by atoms with Gasteiger partial charge in [0, 0.05) is 5.56 Å². The molecule has 7 nitrogen and oxygen atoms in total. The highest BCUT2D eigenvalue weighted by Crippen LogP contribution is 2.35. The molecule has 0 bridgehead atoms. The molecule has 1 aromatic heterocycles. The minimum absolute atomic E-state index is 0.162. The number of ether oxygens (including phenoxy) is 1. The van der Waals surface area contributed by atoms with Crippen LogP contribution in [0.25, 0.3) is 11.8 Å². The molecule has 40 heavy (non-hydrogen) atoms. The Labute approximate surface area is 235 Å². The summed E-state index contributed by atoms with van der Waals surface area (Å²) in [5.74, 6) is -1.22. The van der Waals surface area contributed by atoms with Gasteiger partial charge in [0.15, 0.2) is 4.80 Å². The Bertz CT molecular complexity index is 1780. The number of rotatable bonds is 7. The van der Waals surface area contributed by atoms with Crippen molar-refractivity contribution >= 4 is 35.0 Å². The molecule has 0 saturated heterocycles. The van der Waals surface area contributed by atoms with E-state index in [-0.39, 0.29) is 17.7 Å². The fourth-order valence-electron chi connectivity index (χ4n) is 4.69. The third-order valence-electron chi connectivity index (χ3n) is 6.75. The van der Waals surface area contributed by atoms with E-state index >= 15 is 0 Å². The fourth-order valence-corrected chi connectivity index (χ4v) is 5.69. The predicted octanol–water partition coefficient (Wildman–Crippen LogP) is 4.76. The number of thiazole rings is 1. The van der Waals surface area contributed by atoms with Crippen molar-refractivity contribution in [3.05, 3.63) is 132 Å². The van der Waals surface area contributed by atoms with E-state index in [2.05, 4.69) is 13.8 Å². The summed E-state index contributed by atoms with van der Waals surface area (Å²) >= 11 is 1.22. The molecule has 3 aromatic carbocycles. The standard InChI is InChI=1S/C32H28N2O5S/c1-4-39-31(38)26-27(22-8-6-5-7-9-22)33-32-34(28(26)23-16-14-21(15-17-23)19(2)3)29(35)25(40-32)18-20-10-12-24(13-11-20)30(36)37/h5-19,28H,4H2,1-3H3,(H,36,37)/b25-18-/t28-/m0/s1. The average Bonchev–Trinajstić information content (AvgIpc) is 3.27. The zero-order valence-corrected chi connectivity index (χ0v) is 23.1. The summed E-state index contributed by atoms with van der Waals surface area (Å²) in [7, 11) is 0. The van der Waals surface area contributed by atoms with Gasteiger partial charge in [-0.1, -0.05) is 91.9 Å². The number of carboxylic acid groups (broad SMARTS) is 1. The van der Waals surface area contributed by atoms with Crippen molar-refractivity contribution < 1.29 is 19.4 Å². The number of esters is 1. The molecule has 1 aliphatic heterocycles. The Morgan fingerprint density at radius 2 is 1.70 bits per heavy atom. The van der Waals surface area contributed by atoms with Crippen LogP contribution in [0.2, 0.25) is 0 Å². The molecule has 0 unspecified atom stereocenters. The maximum absolute atomic E-state index is 13.9. The topological polar surface area (TPSA) is 98.0 Å². The first-order valence-electron chi connectivity index (χ1n) is 13.0. The van der Waals surface area contributed by atoms with E-state index in [9.17, 15) is 19.5 Å². The van der Waals surface area contributed by atoms with Crippen molar-refractivity contribution in [1.29, 1.82) is 0 Å². The minimum atomic E-state index is -1.02. The van der Waals surface area contributed by atoms with E-state index in [0.29, 0.717) is 32.1 Å². The number of carbonyl (C=O) groups excluding carboxylic acids is 1. The van der Waals surface area contributed by atoms with Gasteiger partial charge in [0.05, 0.1) is 34.0 Å². The van der Waals surface area contributed by atoms with Gasteiger partial charge in [-0.3, -0.25) is 9.36 Å². The van der Waals surface area contributed by atoms with Crippen LogP contribution in [-0.4, -0.2) is 28.2 Å². The van der Waals surface area contributed by atoms with E-state index < -0.39 is 18.0 Å². The number of carbonyl (C=O) groups is 2. The quantitative estimate of drug-likeness (QED) is 0.334. The lowest BCUT2D eigenvalue weighted by atomic mass is 9.91. The number of benzene rings is 3. The van der Waals surface area contributed by atoms with Gasteiger partial charge in [0.2, 0.25) is 0 Å². The molecule has 202 valence electrons. The molecule has 0 amide bonds. The maximum atomic E-state index is 13.9. The molecule has 0 fully saturated rings. The van der Waals surface area contributed by atoms with Crippen LogP contribution >= 0.6 is 11.3 Å². The van der Waals surface area contributed by atoms with Crippen LogP contribution in [0.4, 0.5) is 0 Å². The van der Waals surface area contributed by atoms with Crippen LogP contribution in [0.1, 0.15) is 65.3 Å².